The Hall–Kier alpha value is -3.04. The van der Waals surface area contributed by atoms with Crippen molar-refractivity contribution >= 4 is 27.7 Å². The summed E-state index contributed by atoms with van der Waals surface area (Å²) < 4.78 is 26.5. The van der Waals surface area contributed by atoms with Gasteiger partial charge in [0.2, 0.25) is 15.9 Å². The molecule has 0 bridgehead atoms. The molecule has 0 aromatic heterocycles. The van der Waals surface area contributed by atoms with Gasteiger partial charge in [-0.1, -0.05) is 24.3 Å². The molecule has 1 amide bonds. The van der Waals surface area contributed by atoms with E-state index in [1.807, 2.05) is 0 Å². The van der Waals surface area contributed by atoms with Gasteiger partial charge in [0.05, 0.1) is 15.4 Å². The number of amides is 1. The minimum atomic E-state index is -3.46. The third-order valence-corrected chi connectivity index (χ3v) is 6.55. The van der Waals surface area contributed by atoms with Crippen LogP contribution in [-0.4, -0.2) is 36.6 Å². The number of nitrogens with zero attached hydrogens (tertiary/aromatic N) is 2. The van der Waals surface area contributed by atoms with Crippen molar-refractivity contribution in [1.29, 1.82) is 0 Å². The van der Waals surface area contributed by atoms with Crippen LogP contribution in [0.1, 0.15) is 24.0 Å². The zero-order valence-electron chi connectivity index (χ0n) is 15.7. The van der Waals surface area contributed by atoms with Gasteiger partial charge < -0.3 is 5.32 Å². The highest BCUT2D eigenvalue weighted by atomic mass is 32.2. The van der Waals surface area contributed by atoms with Crippen molar-refractivity contribution in [1.82, 2.24) is 9.62 Å². The van der Waals surface area contributed by atoms with Crippen LogP contribution in [0.2, 0.25) is 0 Å². The molecule has 0 atom stereocenters. The van der Waals surface area contributed by atoms with E-state index >= 15 is 0 Å². The minimum absolute atomic E-state index is 0.0775. The lowest BCUT2D eigenvalue weighted by Crippen LogP contribution is -2.27. The summed E-state index contributed by atoms with van der Waals surface area (Å²) in [5.74, 6) is -0.406. The number of nitro benzene ring substituents is 1. The van der Waals surface area contributed by atoms with Gasteiger partial charge in [-0.15, -0.1) is 0 Å². The first-order valence-corrected chi connectivity index (χ1v) is 10.6. The number of rotatable bonds is 7. The van der Waals surface area contributed by atoms with E-state index in [2.05, 4.69) is 5.32 Å². The van der Waals surface area contributed by atoms with Gasteiger partial charge in [-0.05, 0) is 42.7 Å². The third kappa shape index (κ3) is 5.07. The topological polar surface area (TPSA) is 110 Å². The fourth-order valence-corrected chi connectivity index (χ4v) is 4.58. The zero-order chi connectivity index (χ0) is 20.9. The Kier molecular flexibility index (Phi) is 6.40. The van der Waals surface area contributed by atoms with Gasteiger partial charge in [0.25, 0.3) is 5.69 Å². The second-order valence-electron chi connectivity index (χ2n) is 6.62. The van der Waals surface area contributed by atoms with Crippen LogP contribution in [0, 0.1) is 10.1 Å². The van der Waals surface area contributed by atoms with Crippen LogP contribution in [0.3, 0.4) is 0 Å². The zero-order valence-corrected chi connectivity index (χ0v) is 16.5. The smallest absolute Gasteiger partial charge is 0.276 e. The molecular formula is C20H21N3O5S. The van der Waals surface area contributed by atoms with E-state index < -0.39 is 20.9 Å². The van der Waals surface area contributed by atoms with E-state index in [0.717, 1.165) is 18.4 Å². The lowest BCUT2D eigenvalue weighted by atomic mass is 10.1. The summed E-state index contributed by atoms with van der Waals surface area (Å²) in [6, 6.07) is 12.5. The molecule has 2 aromatic rings. The molecular weight excluding hydrogens is 394 g/mol. The first-order chi connectivity index (χ1) is 13.9. The Balaban J connectivity index is 1.59. The fraction of sp³-hybridized carbons (Fsp3) is 0.250. The molecule has 3 rings (SSSR count). The van der Waals surface area contributed by atoms with Crippen LogP contribution in [0.5, 0.6) is 0 Å². The Morgan fingerprint density at radius 1 is 1.10 bits per heavy atom. The highest BCUT2D eigenvalue weighted by molar-refractivity contribution is 7.89. The molecule has 29 heavy (non-hydrogen) atoms. The lowest BCUT2D eigenvalue weighted by molar-refractivity contribution is -0.385. The van der Waals surface area contributed by atoms with Crippen molar-refractivity contribution in [3.8, 4) is 0 Å². The summed E-state index contributed by atoms with van der Waals surface area (Å²) in [6.45, 7) is 1.31. The molecule has 0 saturated carbocycles. The largest absolute Gasteiger partial charge is 0.348 e. The summed E-state index contributed by atoms with van der Waals surface area (Å²) >= 11 is 0. The van der Waals surface area contributed by atoms with E-state index in [9.17, 15) is 23.3 Å². The van der Waals surface area contributed by atoms with Gasteiger partial charge in [0.1, 0.15) is 0 Å². The van der Waals surface area contributed by atoms with E-state index in [1.165, 1.54) is 34.7 Å². The summed E-state index contributed by atoms with van der Waals surface area (Å²) in [5.41, 5.74) is 1.01. The molecule has 1 aliphatic rings. The van der Waals surface area contributed by atoms with Gasteiger partial charge >= 0.3 is 0 Å². The first-order valence-electron chi connectivity index (χ1n) is 9.16. The second kappa shape index (κ2) is 8.97. The number of benzene rings is 2. The average molecular weight is 415 g/mol. The monoisotopic (exact) mass is 415 g/mol. The number of carbonyl (C=O) groups is 1. The van der Waals surface area contributed by atoms with Crippen molar-refractivity contribution in [2.24, 2.45) is 0 Å². The first kappa shape index (κ1) is 20.7. The maximum absolute atomic E-state index is 12.5. The number of hydrogen-bond acceptors (Lipinski definition) is 5. The van der Waals surface area contributed by atoms with Crippen molar-refractivity contribution in [3.63, 3.8) is 0 Å². The van der Waals surface area contributed by atoms with Gasteiger partial charge in [0.15, 0.2) is 0 Å². The predicted octanol–water partition coefficient (Wildman–Crippen LogP) is 2.71. The third-order valence-electron chi connectivity index (χ3n) is 4.64. The van der Waals surface area contributed by atoms with Gasteiger partial charge in [0, 0.05) is 31.8 Å². The maximum atomic E-state index is 12.5. The Morgan fingerprint density at radius 2 is 1.76 bits per heavy atom. The Morgan fingerprint density at radius 3 is 2.41 bits per heavy atom. The summed E-state index contributed by atoms with van der Waals surface area (Å²) in [7, 11) is -3.46. The number of para-hydroxylation sites is 1. The lowest BCUT2D eigenvalue weighted by Gasteiger charge is -2.15. The van der Waals surface area contributed by atoms with Crippen LogP contribution in [0.4, 0.5) is 5.69 Å². The molecule has 9 heteroatoms. The molecule has 0 spiro atoms. The van der Waals surface area contributed by atoms with Crippen LogP contribution < -0.4 is 5.32 Å². The maximum Gasteiger partial charge on any atom is 0.276 e. The van der Waals surface area contributed by atoms with Crippen molar-refractivity contribution in [2.45, 2.75) is 24.3 Å². The summed E-state index contributed by atoms with van der Waals surface area (Å²) in [5, 5.41) is 13.7. The highest BCUT2D eigenvalue weighted by Gasteiger charge is 2.26. The number of hydrogen-bond donors (Lipinski definition) is 1. The molecule has 152 valence electrons. The summed E-state index contributed by atoms with van der Waals surface area (Å²) in [4.78, 5) is 22.7. The Labute approximate surface area is 169 Å². The van der Waals surface area contributed by atoms with Crippen molar-refractivity contribution in [2.75, 3.05) is 13.1 Å². The molecule has 1 fully saturated rings. The standard InChI is InChI=1S/C20H21N3O5S/c24-20(12-9-17-5-1-2-6-19(17)23(25)26)21-15-16-7-10-18(11-8-16)29(27,28)22-13-3-4-14-22/h1-2,5-12H,3-4,13-15H2,(H,21,24). The second-order valence-corrected chi connectivity index (χ2v) is 8.56. The van der Waals surface area contributed by atoms with E-state index in [4.69, 9.17) is 0 Å². The molecule has 0 aliphatic carbocycles. The summed E-state index contributed by atoms with van der Waals surface area (Å²) in [6.07, 6.45) is 4.37. The molecule has 0 radical (unpaired) electrons. The molecule has 1 saturated heterocycles. The molecule has 1 aliphatic heterocycles. The molecule has 0 unspecified atom stereocenters. The van der Waals surface area contributed by atoms with Crippen LogP contribution in [-0.2, 0) is 21.4 Å². The average Bonchev–Trinajstić information content (AvgIpc) is 3.27. The van der Waals surface area contributed by atoms with Gasteiger partial charge in [-0.3, -0.25) is 14.9 Å². The highest BCUT2D eigenvalue weighted by Crippen LogP contribution is 2.21. The van der Waals surface area contributed by atoms with Crippen LogP contribution >= 0.6 is 0 Å². The van der Waals surface area contributed by atoms with E-state index in [1.54, 1.807) is 30.3 Å². The Bertz CT molecular complexity index is 1030. The fourth-order valence-electron chi connectivity index (χ4n) is 3.07. The van der Waals surface area contributed by atoms with Crippen LogP contribution in [0.15, 0.2) is 59.5 Å². The molecule has 8 nitrogen and oxygen atoms in total. The van der Waals surface area contributed by atoms with E-state index in [-0.39, 0.29) is 17.1 Å². The number of nitro groups is 1. The normalized spacial score (nSPS) is 14.9. The minimum Gasteiger partial charge on any atom is -0.348 e. The molecule has 1 heterocycles. The van der Waals surface area contributed by atoms with Gasteiger partial charge in [-0.2, -0.15) is 4.31 Å². The number of nitrogens with one attached hydrogen (secondary N) is 1. The van der Waals surface area contributed by atoms with E-state index in [0.29, 0.717) is 18.7 Å². The van der Waals surface area contributed by atoms with Crippen molar-refractivity contribution in [3.05, 3.63) is 75.8 Å². The number of carbonyl (C=O) groups excluding carboxylic acids is 1. The molecule has 1 N–H and O–H groups in total. The van der Waals surface area contributed by atoms with Crippen molar-refractivity contribution < 1.29 is 18.1 Å². The quantitative estimate of drug-likeness (QED) is 0.425. The predicted molar refractivity (Wildman–Crippen MR) is 108 cm³/mol. The van der Waals surface area contributed by atoms with Crippen LogP contribution in [0.25, 0.3) is 6.08 Å². The SMILES string of the molecule is O=C(C=Cc1ccccc1[N+](=O)[O-])NCc1ccc(S(=O)(=O)N2CCCC2)cc1. The van der Waals surface area contributed by atoms with Gasteiger partial charge in [-0.25, -0.2) is 8.42 Å². The molecule has 2 aromatic carbocycles. The number of sulfonamides is 1.